The number of aldehydes is 1. The topological polar surface area (TPSA) is 138 Å². The van der Waals surface area contributed by atoms with Crippen molar-refractivity contribution in [2.75, 3.05) is 19.6 Å². The molecule has 212 valence electrons. The van der Waals surface area contributed by atoms with Gasteiger partial charge >= 0.3 is 6.18 Å². The largest absolute Gasteiger partial charge is 0.508 e. The average molecular weight is 560 g/mol. The summed E-state index contributed by atoms with van der Waals surface area (Å²) in [6, 6.07) is 8.55. The van der Waals surface area contributed by atoms with Crippen LogP contribution in [0.4, 0.5) is 13.2 Å². The number of carbonyl (C=O) groups is 3. The Hall–Kier alpha value is -4.42. The maximum Gasteiger partial charge on any atom is 0.405 e. The number of halogens is 3. The molecule has 0 radical (unpaired) electrons. The van der Waals surface area contributed by atoms with Gasteiger partial charge in [-0.15, -0.1) is 10.2 Å². The van der Waals surface area contributed by atoms with Crippen molar-refractivity contribution in [3.63, 3.8) is 0 Å². The molecule has 1 aliphatic rings. The van der Waals surface area contributed by atoms with Gasteiger partial charge in [-0.25, -0.2) is 0 Å². The van der Waals surface area contributed by atoms with Crippen LogP contribution in [-0.4, -0.2) is 73.8 Å². The molecule has 0 saturated carbocycles. The van der Waals surface area contributed by atoms with Crippen molar-refractivity contribution < 1.29 is 37.8 Å². The molecule has 13 heteroatoms. The van der Waals surface area contributed by atoms with Crippen LogP contribution < -0.4 is 5.32 Å². The molecule has 2 amide bonds. The van der Waals surface area contributed by atoms with Gasteiger partial charge < -0.3 is 25.2 Å². The number of alkyl halides is 3. The Labute approximate surface area is 227 Å². The number of piperidine rings is 1. The lowest BCUT2D eigenvalue weighted by atomic mass is 9.98. The molecule has 0 bridgehead atoms. The van der Waals surface area contributed by atoms with Gasteiger partial charge in [0.2, 0.25) is 5.82 Å². The highest BCUT2D eigenvalue weighted by molar-refractivity contribution is 5.95. The Morgan fingerprint density at radius 2 is 1.73 bits per heavy atom. The van der Waals surface area contributed by atoms with Crippen LogP contribution in [-0.2, 0) is 4.79 Å². The minimum absolute atomic E-state index is 0.0634. The fraction of sp³-hybridized carbons (Fsp3) is 0.370. The normalized spacial score (nSPS) is 14.4. The molecule has 40 heavy (non-hydrogen) atoms. The van der Waals surface area contributed by atoms with Crippen LogP contribution in [0.1, 0.15) is 59.1 Å². The minimum atomic E-state index is -4.66. The summed E-state index contributed by atoms with van der Waals surface area (Å²) in [7, 11) is 0. The Morgan fingerprint density at radius 1 is 1.07 bits per heavy atom. The first-order chi connectivity index (χ1) is 18.9. The number of phenolic OH excluding ortho intramolecular Hbond substituents is 2. The van der Waals surface area contributed by atoms with E-state index in [0.29, 0.717) is 37.1 Å². The highest BCUT2D eigenvalue weighted by Crippen LogP contribution is 2.38. The van der Waals surface area contributed by atoms with E-state index >= 15 is 0 Å². The molecule has 1 saturated heterocycles. The summed E-state index contributed by atoms with van der Waals surface area (Å²) in [5.74, 6) is -2.73. The lowest BCUT2D eigenvalue weighted by Gasteiger charge is -2.29. The molecule has 3 aromatic rings. The number of aromatic hydroxyl groups is 2. The van der Waals surface area contributed by atoms with E-state index in [1.807, 2.05) is 13.8 Å². The van der Waals surface area contributed by atoms with Crippen molar-refractivity contribution in [3.8, 4) is 28.6 Å². The first-order valence-electron chi connectivity index (χ1n) is 12.6. The second-order valence-electron chi connectivity index (χ2n) is 9.88. The molecule has 0 atom stereocenters. The van der Waals surface area contributed by atoms with Gasteiger partial charge in [0, 0.05) is 36.3 Å². The third kappa shape index (κ3) is 6.08. The molecule has 4 rings (SSSR count). The maximum absolute atomic E-state index is 13.0. The lowest BCUT2D eigenvalue weighted by molar-refractivity contribution is -0.123. The number of hydrogen-bond acceptors (Lipinski definition) is 7. The van der Waals surface area contributed by atoms with E-state index < -0.39 is 24.5 Å². The van der Waals surface area contributed by atoms with Gasteiger partial charge in [-0.1, -0.05) is 13.8 Å². The molecular weight excluding hydrogens is 531 g/mol. The molecule has 10 nitrogen and oxygen atoms in total. The molecule has 1 aromatic heterocycles. The maximum atomic E-state index is 13.0. The summed E-state index contributed by atoms with van der Waals surface area (Å²) in [5.41, 5.74) is 1.12. The van der Waals surface area contributed by atoms with Crippen LogP contribution in [0.25, 0.3) is 17.1 Å². The van der Waals surface area contributed by atoms with Crippen molar-refractivity contribution in [1.29, 1.82) is 0 Å². The number of nitrogens with zero attached hydrogens (tertiary/aromatic N) is 4. The number of phenols is 2. The first-order valence-corrected chi connectivity index (χ1v) is 12.6. The fourth-order valence-corrected chi connectivity index (χ4v) is 4.52. The number of rotatable bonds is 7. The zero-order chi connectivity index (χ0) is 29.2. The number of benzene rings is 2. The molecule has 1 fully saturated rings. The molecule has 3 N–H and O–H groups in total. The van der Waals surface area contributed by atoms with Crippen molar-refractivity contribution in [2.45, 2.75) is 38.8 Å². The van der Waals surface area contributed by atoms with Crippen LogP contribution in [0.5, 0.6) is 11.5 Å². The fourth-order valence-electron chi connectivity index (χ4n) is 4.52. The second-order valence-corrected chi connectivity index (χ2v) is 9.88. The van der Waals surface area contributed by atoms with Crippen LogP contribution in [0.2, 0.25) is 0 Å². The number of amides is 2. The van der Waals surface area contributed by atoms with E-state index in [0.717, 1.165) is 12.4 Å². The summed E-state index contributed by atoms with van der Waals surface area (Å²) in [4.78, 5) is 38.4. The van der Waals surface area contributed by atoms with Crippen molar-refractivity contribution >= 4 is 18.1 Å². The van der Waals surface area contributed by atoms with E-state index in [9.17, 15) is 37.8 Å². The Bertz CT molecular complexity index is 1410. The molecule has 0 spiro atoms. The Balaban J connectivity index is 1.74. The third-order valence-electron chi connectivity index (χ3n) is 6.72. The van der Waals surface area contributed by atoms with Crippen molar-refractivity contribution in [1.82, 2.24) is 25.0 Å². The van der Waals surface area contributed by atoms with Gasteiger partial charge in [0.15, 0.2) is 5.82 Å². The number of nitrogens with one attached hydrogen (secondary N) is 1. The molecule has 2 heterocycles. The molecule has 1 aliphatic heterocycles. The van der Waals surface area contributed by atoms with Crippen LogP contribution in [0.3, 0.4) is 0 Å². The van der Waals surface area contributed by atoms with E-state index in [1.54, 1.807) is 10.2 Å². The van der Waals surface area contributed by atoms with Gasteiger partial charge in [0.05, 0.1) is 5.56 Å². The molecule has 0 unspecified atom stereocenters. The quantitative estimate of drug-likeness (QED) is 0.374. The summed E-state index contributed by atoms with van der Waals surface area (Å²) < 4.78 is 39.5. The molecular formula is C27H28F3N5O5. The van der Waals surface area contributed by atoms with Gasteiger partial charge in [0.25, 0.3) is 11.8 Å². The first kappa shape index (κ1) is 28.6. The summed E-state index contributed by atoms with van der Waals surface area (Å²) in [6.07, 6.45) is -2.62. The average Bonchev–Trinajstić information content (AvgIpc) is 3.36. The monoisotopic (exact) mass is 559 g/mol. The minimum Gasteiger partial charge on any atom is -0.508 e. The van der Waals surface area contributed by atoms with E-state index in [1.165, 1.54) is 34.9 Å². The molecule has 0 aliphatic carbocycles. The van der Waals surface area contributed by atoms with Crippen LogP contribution in [0.15, 0.2) is 36.4 Å². The summed E-state index contributed by atoms with van der Waals surface area (Å²) >= 11 is 0. The SMILES string of the molecule is CC(C)c1cc(-c2nnc(C(=O)NCC(F)(F)F)n2-c2ccc(C(=O)N3CCC(C=O)CC3)cc2)c(O)cc1O. The van der Waals surface area contributed by atoms with Crippen molar-refractivity contribution in [2.24, 2.45) is 5.92 Å². The van der Waals surface area contributed by atoms with E-state index in [2.05, 4.69) is 10.2 Å². The number of carbonyl (C=O) groups excluding carboxylic acids is 3. The highest BCUT2D eigenvalue weighted by atomic mass is 19.4. The highest BCUT2D eigenvalue weighted by Gasteiger charge is 2.31. The Morgan fingerprint density at radius 3 is 2.30 bits per heavy atom. The van der Waals surface area contributed by atoms with E-state index in [4.69, 9.17) is 0 Å². The second kappa shape index (κ2) is 11.4. The smallest absolute Gasteiger partial charge is 0.405 e. The van der Waals surface area contributed by atoms with Gasteiger partial charge in [-0.05, 0) is 54.7 Å². The number of likely N-dealkylation sites (tertiary alicyclic amines) is 1. The number of hydrogen-bond donors (Lipinski definition) is 3. The molecule has 2 aromatic carbocycles. The predicted octanol–water partition coefficient (Wildman–Crippen LogP) is 3.81. The number of aromatic nitrogens is 3. The van der Waals surface area contributed by atoms with Gasteiger partial charge in [0.1, 0.15) is 24.3 Å². The predicted molar refractivity (Wildman–Crippen MR) is 137 cm³/mol. The van der Waals surface area contributed by atoms with Crippen LogP contribution in [0, 0.1) is 5.92 Å². The zero-order valence-electron chi connectivity index (χ0n) is 21.8. The van der Waals surface area contributed by atoms with Gasteiger partial charge in [-0.2, -0.15) is 13.2 Å². The van der Waals surface area contributed by atoms with Crippen molar-refractivity contribution in [3.05, 3.63) is 53.3 Å². The Kier molecular flexibility index (Phi) is 8.12. The summed E-state index contributed by atoms with van der Waals surface area (Å²) in [6.45, 7) is 2.90. The zero-order valence-corrected chi connectivity index (χ0v) is 21.8. The van der Waals surface area contributed by atoms with E-state index in [-0.39, 0.29) is 46.3 Å². The standard InChI is InChI=1S/C27H28F3N5O5/c1-15(2)19-11-20(22(38)12-21(19)37)23-32-33-24(25(39)31-14-27(28,29)30)35(23)18-5-3-17(4-6-18)26(40)34-9-7-16(13-36)8-10-34/h3-6,11-13,15-16,37-38H,7-10,14H2,1-2H3,(H,31,39). The lowest BCUT2D eigenvalue weighted by Crippen LogP contribution is -2.38. The summed E-state index contributed by atoms with van der Waals surface area (Å²) in [5, 5.41) is 30.4. The third-order valence-corrected chi connectivity index (χ3v) is 6.72. The van der Waals surface area contributed by atoms with Gasteiger partial charge in [-0.3, -0.25) is 14.2 Å². The van der Waals surface area contributed by atoms with Crippen LogP contribution >= 0.6 is 0 Å².